The second-order valence-corrected chi connectivity index (χ2v) is 9.75. The molecule has 0 aliphatic carbocycles. The van der Waals surface area contributed by atoms with E-state index < -0.39 is 0 Å². The lowest BCUT2D eigenvalue weighted by Gasteiger charge is -2.27. The third-order valence-corrected chi connectivity index (χ3v) is 6.89. The van der Waals surface area contributed by atoms with Gasteiger partial charge in [-0.25, -0.2) is 4.98 Å². The number of fused-ring (bicyclic) bond motifs is 1. The minimum atomic E-state index is -0.261. The molecule has 2 aromatic carbocycles. The van der Waals surface area contributed by atoms with Crippen LogP contribution in [0.1, 0.15) is 37.6 Å². The SMILES string of the molecule is CC[C@@H](C)c1nc2ccc(Br)cc2c(=O)n1N=Cc1cc(OC)c(OCC(=O)N2CCOCC2)c(OC)c1. The molecule has 0 saturated carbocycles. The fraction of sp³-hybridized carbons (Fsp3) is 0.407. The van der Waals surface area contributed by atoms with Crippen LogP contribution in [0.3, 0.4) is 0 Å². The fourth-order valence-corrected chi connectivity index (χ4v) is 4.42. The van der Waals surface area contributed by atoms with Crippen LogP contribution in [-0.4, -0.2) is 73.8 Å². The molecule has 1 saturated heterocycles. The maximum absolute atomic E-state index is 13.4. The van der Waals surface area contributed by atoms with Crippen molar-refractivity contribution in [2.45, 2.75) is 26.2 Å². The lowest BCUT2D eigenvalue weighted by Crippen LogP contribution is -2.43. The van der Waals surface area contributed by atoms with Crippen LogP contribution in [0.25, 0.3) is 10.9 Å². The van der Waals surface area contributed by atoms with E-state index in [9.17, 15) is 9.59 Å². The molecule has 3 aromatic rings. The van der Waals surface area contributed by atoms with Gasteiger partial charge in [-0.3, -0.25) is 9.59 Å². The van der Waals surface area contributed by atoms with Crippen molar-refractivity contribution in [3.63, 3.8) is 0 Å². The Labute approximate surface area is 229 Å². The molecule has 1 fully saturated rings. The molecule has 1 amide bonds. The Bertz CT molecular complexity index is 1380. The van der Waals surface area contributed by atoms with Crippen molar-refractivity contribution in [1.82, 2.24) is 14.6 Å². The molecule has 11 heteroatoms. The summed E-state index contributed by atoms with van der Waals surface area (Å²) in [4.78, 5) is 32.4. The number of aromatic nitrogens is 2. The number of benzene rings is 2. The number of methoxy groups -OCH3 is 2. The first-order chi connectivity index (χ1) is 18.4. The van der Waals surface area contributed by atoms with E-state index in [1.165, 1.54) is 18.9 Å². The average molecular weight is 587 g/mol. The third-order valence-electron chi connectivity index (χ3n) is 6.40. The number of halogens is 1. The number of nitrogens with zero attached hydrogens (tertiary/aromatic N) is 4. The van der Waals surface area contributed by atoms with Gasteiger partial charge >= 0.3 is 0 Å². The molecule has 1 atom stereocenters. The molecule has 2 heterocycles. The monoisotopic (exact) mass is 586 g/mol. The molecule has 0 N–H and O–H groups in total. The summed E-state index contributed by atoms with van der Waals surface area (Å²) in [6, 6.07) is 8.84. The number of ether oxygens (including phenoxy) is 4. The molecule has 0 spiro atoms. The summed E-state index contributed by atoms with van der Waals surface area (Å²) in [5.74, 6) is 1.49. The highest BCUT2D eigenvalue weighted by Gasteiger charge is 2.21. The second kappa shape index (κ2) is 12.4. The van der Waals surface area contributed by atoms with Crippen molar-refractivity contribution in [2.75, 3.05) is 47.1 Å². The van der Waals surface area contributed by atoms with Crippen LogP contribution < -0.4 is 19.8 Å². The molecule has 10 nitrogen and oxygen atoms in total. The van der Waals surface area contributed by atoms with Gasteiger partial charge in [0.25, 0.3) is 11.5 Å². The maximum atomic E-state index is 13.4. The Morgan fingerprint density at radius 3 is 2.50 bits per heavy atom. The summed E-state index contributed by atoms with van der Waals surface area (Å²) in [6.07, 6.45) is 2.34. The first-order valence-electron chi connectivity index (χ1n) is 12.4. The van der Waals surface area contributed by atoms with Crippen LogP contribution in [-0.2, 0) is 9.53 Å². The van der Waals surface area contributed by atoms with Crippen molar-refractivity contribution in [3.8, 4) is 17.2 Å². The summed E-state index contributed by atoms with van der Waals surface area (Å²) in [6.45, 7) is 5.97. The zero-order valence-corrected chi connectivity index (χ0v) is 23.5. The van der Waals surface area contributed by atoms with E-state index in [2.05, 4.69) is 21.0 Å². The van der Waals surface area contributed by atoms with Crippen molar-refractivity contribution in [2.24, 2.45) is 5.10 Å². The lowest BCUT2D eigenvalue weighted by atomic mass is 10.1. The van der Waals surface area contributed by atoms with Gasteiger partial charge in [0.1, 0.15) is 5.82 Å². The van der Waals surface area contributed by atoms with Crippen LogP contribution in [0.15, 0.2) is 44.7 Å². The highest BCUT2D eigenvalue weighted by Crippen LogP contribution is 2.38. The number of amides is 1. The molecule has 1 aliphatic heterocycles. The van der Waals surface area contributed by atoms with E-state index in [-0.39, 0.29) is 24.0 Å². The first-order valence-corrected chi connectivity index (χ1v) is 13.2. The van der Waals surface area contributed by atoms with Gasteiger partial charge in [0.05, 0.1) is 44.6 Å². The van der Waals surface area contributed by atoms with Crippen molar-refractivity contribution in [3.05, 3.63) is 56.5 Å². The summed E-state index contributed by atoms with van der Waals surface area (Å²) >= 11 is 3.43. The smallest absolute Gasteiger partial charge is 0.282 e. The minimum absolute atomic E-state index is 0.0109. The highest BCUT2D eigenvalue weighted by molar-refractivity contribution is 9.10. The van der Waals surface area contributed by atoms with E-state index in [4.69, 9.17) is 23.9 Å². The number of rotatable bonds is 9. The Morgan fingerprint density at radius 2 is 1.87 bits per heavy atom. The fourth-order valence-electron chi connectivity index (χ4n) is 4.06. The topological polar surface area (TPSA) is 104 Å². The van der Waals surface area contributed by atoms with Crippen LogP contribution in [0.5, 0.6) is 17.2 Å². The Hall–Kier alpha value is -3.44. The normalized spacial score (nSPS) is 14.6. The minimum Gasteiger partial charge on any atom is -0.493 e. The zero-order chi connectivity index (χ0) is 27.2. The predicted octanol–water partition coefficient (Wildman–Crippen LogP) is 3.81. The largest absolute Gasteiger partial charge is 0.493 e. The van der Waals surface area contributed by atoms with Gasteiger partial charge in [-0.2, -0.15) is 9.78 Å². The Balaban J connectivity index is 1.66. The molecule has 38 heavy (non-hydrogen) atoms. The molecular weight excluding hydrogens is 556 g/mol. The lowest BCUT2D eigenvalue weighted by molar-refractivity contribution is -0.137. The van der Waals surface area contributed by atoms with E-state index in [0.717, 1.165) is 10.9 Å². The van der Waals surface area contributed by atoms with Crippen LogP contribution in [0.4, 0.5) is 0 Å². The summed E-state index contributed by atoms with van der Waals surface area (Å²) in [5.41, 5.74) is 0.974. The Morgan fingerprint density at radius 1 is 1.18 bits per heavy atom. The predicted molar refractivity (Wildman–Crippen MR) is 148 cm³/mol. The van der Waals surface area contributed by atoms with Gasteiger partial charge in [0, 0.05) is 29.0 Å². The molecule has 0 unspecified atom stereocenters. The highest BCUT2D eigenvalue weighted by atomic mass is 79.9. The van der Waals surface area contributed by atoms with Crippen LogP contribution >= 0.6 is 15.9 Å². The van der Waals surface area contributed by atoms with E-state index in [1.54, 1.807) is 29.3 Å². The number of hydrogen-bond donors (Lipinski definition) is 0. The van der Waals surface area contributed by atoms with Crippen molar-refractivity contribution < 1.29 is 23.7 Å². The van der Waals surface area contributed by atoms with Gasteiger partial charge in [0.2, 0.25) is 5.75 Å². The number of morpholine rings is 1. The van der Waals surface area contributed by atoms with Gasteiger partial charge in [-0.05, 0) is 36.8 Å². The summed E-state index contributed by atoms with van der Waals surface area (Å²) in [7, 11) is 3.01. The Kier molecular flexibility index (Phi) is 9.01. The van der Waals surface area contributed by atoms with Crippen LogP contribution in [0.2, 0.25) is 0 Å². The second-order valence-electron chi connectivity index (χ2n) is 8.84. The maximum Gasteiger partial charge on any atom is 0.282 e. The molecule has 0 bridgehead atoms. The van der Waals surface area contributed by atoms with Gasteiger partial charge in [0.15, 0.2) is 18.1 Å². The zero-order valence-electron chi connectivity index (χ0n) is 21.9. The van der Waals surface area contributed by atoms with Crippen molar-refractivity contribution >= 4 is 39.0 Å². The quantitative estimate of drug-likeness (QED) is 0.351. The van der Waals surface area contributed by atoms with E-state index in [1.807, 2.05) is 26.0 Å². The van der Waals surface area contributed by atoms with E-state index in [0.29, 0.717) is 65.8 Å². The molecular formula is C27H31BrN4O6. The first kappa shape index (κ1) is 27.6. The van der Waals surface area contributed by atoms with Crippen LogP contribution in [0, 0.1) is 0 Å². The molecule has 1 aromatic heterocycles. The van der Waals surface area contributed by atoms with Gasteiger partial charge < -0.3 is 23.8 Å². The standard InChI is InChI=1S/C27H31BrN4O6/c1-5-17(2)26-30-21-7-6-19(28)14-20(21)27(34)32(26)29-15-18-12-22(35-3)25(23(13-18)36-4)38-16-24(33)31-8-10-37-11-9-31/h6-7,12-15,17H,5,8-11,16H2,1-4H3/t17-/m1/s1. The molecule has 0 radical (unpaired) electrons. The molecule has 1 aliphatic rings. The van der Waals surface area contributed by atoms with Gasteiger partial charge in [-0.1, -0.05) is 29.8 Å². The number of carbonyl (C=O) groups is 1. The summed E-state index contributed by atoms with van der Waals surface area (Å²) < 4.78 is 24.3. The van der Waals surface area contributed by atoms with E-state index >= 15 is 0 Å². The summed E-state index contributed by atoms with van der Waals surface area (Å²) in [5, 5.41) is 4.98. The third kappa shape index (κ3) is 5.99. The average Bonchev–Trinajstić information content (AvgIpc) is 2.95. The van der Waals surface area contributed by atoms with Gasteiger partial charge in [-0.15, -0.1) is 0 Å². The molecule has 202 valence electrons. The number of hydrogen-bond acceptors (Lipinski definition) is 8. The number of carbonyl (C=O) groups excluding carboxylic acids is 1. The molecule has 4 rings (SSSR count). The van der Waals surface area contributed by atoms with Crippen molar-refractivity contribution in [1.29, 1.82) is 0 Å².